The predicted molar refractivity (Wildman–Crippen MR) is 97.9 cm³/mol. The van der Waals surface area contributed by atoms with E-state index in [0.717, 1.165) is 5.56 Å². The van der Waals surface area contributed by atoms with Gasteiger partial charge in [0.15, 0.2) is 0 Å². The summed E-state index contributed by atoms with van der Waals surface area (Å²) in [5.74, 6) is -1.46. The van der Waals surface area contributed by atoms with Gasteiger partial charge in [0.2, 0.25) is 0 Å². The van der Waals surface area contributed by atoms with Crippen LogP contribution in [-0.2, 0) is 9.53 Å². The summed E-state index contributed by atoms with van der Waals surface area (Å²) in [6.07, 6.45) is 1.31. The summed E-state index contributed by atoms with van der Waals surface area (Å²) < 4.78 is 18.8. The zero-order chi connectivity index (χ0) is 18.9. The van der Waals surface area contributed by atoms with E-state index >= 15 is 0 Å². The largest absolute Gasteiger partial charge is 0.383 e. The first kappa shape index (κ1) is 19.3. The Bertz CT molecular complexity index is 801. The van der Waals surface area contributed by atoms with Crippen molar-refractivity contribution in [2.45, 2.75) is 6.92 Å². The molecule has 0 saturated carbocycles. The number of nitrogens with one attached hydrogen (secondary N) is 2. The molecule has 0 aliphatic carbocycles. The molecule has 0 bridgehead atoms. The highest BCUT2D eigenvalue weighted by Gasteiger charge is 2.15. The molecular weight excluding hydrogens is 335 g/mol. The van der Waals surface area contributed by atoms with Crippen LogP contribution >= 0.6 is 0 Å². The summed E-state index contributed by atoms with van der Waals surface area (Å²) >= 11 is 0. The van der Waals surface area contributed by atoms with Crippen molar-refractivity contribution in [3.05, 3.63) is 76.7 Å². The number of aryl methyl sites for hydroxylation is 1. The number of methoxy groups -OCH3 is 1. The Hall–Kier alpha value is -2.99. The first-order valence-corrected chi connectivity index (χ1v) is 8.12. The van der Waals surface area contributed by atoms with Gasteiger partial charge in [0.25, 0.3) is 11.8 Å². The molecule has 2 rings (SSSR count). The van der Waals surface area contributed by atoms with Crippen LogP contribution in [0.15, 0.2) is 54.2 Å². The lowest BCUT2D eigenvalue weighted by molar-refractivity contribution is -0.117. The molecule has 2 aromatic rings. The van der Waals surface area contributed by atoms with E-state index in [0.29, 0.717) is 12.2 Å². The smallest absolute Gasteiger partial charge is 0.267 e. The molecule has 2 N–H and O–H groups in total. The molecule has 136 valence electrons. The molecule has 0 fully saturated rings. The molecule has 2 amide bonds. The summed E-state index contributed by atoms with van der Waals surface area (Å²) in [7, 11) is 1.52. The van der Waals surface area contributed by atoms with E-state index in [9.17, 15) is 14.0 Å². The monoisotopic (exact) mass is 356 g/mol. The fourth-order valence-corrected chi connectivity index (χ4v) is 2.17. The van der Waals surface area contributed by atoms with Gasteiger partial charge in [-0.3, -0.25) is 9.59 Å². The molecule has 5 nitrogen and oxygen atoms in total. The SMILES string of the molecule is COCCNC(=O)/C(=C/c1ccccc1F)NC(=O)c1ccc(C)cc1. The van der Waals surface area contributed by atoms with Crippen molar-refractivity contribution in [1.29, 1.82) is 0 Å². The first-order chi connectivity index (χ1) is 12.5. The van der Waals surface area contributed by atoms with Gasteiger partial charge >= 0.3 is 0 Å². The maximum absolute atomic E-state index is 13.9. The van der Waals surface area contributed by atoms with Crippen LogP contribution < -0.4 is 10.6 Å². The Morgan fingerprint density at radius 2 is 1.81 bits per heavy atom. The quantitative estimate of drug-likeness (QED) is 0.592. The number of hydrogen-bond donors (Lipinski definition) is 2. The molecule has 6 heteroatoms. The lowest BCUT2D eigenvalue weighted by Crippen LogP contribution is -2.36. The maximum atomic E-state index is 13.9. The van der Waals surface area contributed by atoms with Crippen molar-refractivity contribution in [3.63, 3.8) is 0 Å². The van der Waals surface area contributed by atoms with Crippen LogP contribution in [0, 0.1) is 12.7 Å². The van der Waals surface area contributed by atoms with Crippen molar-refractivity contribution in [2.75, 3.05) is 20.3 Å². The summed E-state index contributed by atoms with van der Waals surface area (Å²) in [6.45, 7) is 2.50. The zero-order valence-electron chi connectivity index (χ0n) is 14.7. The number of hydrogen-bond acceptors (Lipinski definition) is 3. The van der Waals surface area contributed by atoms with Gasteiger partial charge in [-0.05, 0) is 31.2 Å². The van der Waals surface area contributed by atoms with E-state index in [-0.39, 0.29) is 17.8 Å². The fraction of sp³-hybridized carbons (Fsp3) is 0.200. The summed E-state index contributed by atoms with van der Waals surface area (Å²) in [6, 6.07) is 12.9. The number of halogens is 1. The van der Waals surface area contributed by atoms with Crippen LogP contribution in [0.4, 0.5) is 4.39 Å². The van der Waals surface area contributed by atoms with Gasteiger partial charge in [-0.2, -0.15) is 0 Å². The molecule has 0 aliphatic heterocycles. The minimum atomic E-state index is -0.522. The fourth-order valence-electron chi connectivity index (χ4n) is 2.17. The highest BCUT2D eigenvalue weighted by Crippen LogP contribution is 2.11. The average Bonchev–Trinajstić information content (AvgIpc) is 2.63. The van der Waals surface area contributed by atoms with Crippen LogP contribution in [0.5, 0.6) is 0 Å². The molecule has 26 heavy (non-hydrogen) atoms. The molecule has 0 saturated heterocycles. The highest BCUT2D eigenvalue weighted by molar-refractivity contribution is 6.05. The van der Waals surface area contributed by atoms with Crippen LogP contribution in [0.25, 0.3) is 6.08 Å². The number of rotatable bonds is 7. The molecule has 0 aliphatic rings. The number of carbonyl (C=O) groups excluding carboxylic acids is 2. The predicted octanol–water partition coefficient (Wildman–Crippen LogP) is 2.67. The first-order valence-electron chi connectivity index (χ1n) is 8.12. The number of benzene rings is 2. The standard InChI is InChI=1S/C20H21FN2O3/c1-14-7-9-15(10-8-14)19(24)23-18(20(25)22-11-12-26-2)13-16-5-3-4-6-17(16)21/h3-10,13H,11-12H2,1-2H3,(H,22,25)(H,23,24)/b18-13-. The minimum absolute atomic E-state index is 0.0446. The minimum Gasteiger partial charge on any atom is -0.383 e. The van der Waals surface area contributed by atoms with Gasteiger partial charge in [0, 0.05) is 24.8 Å². The van der Waals surface area contributed by atoms with Crippen molar-refractivity contribution in [1.82, 2.24) is 10.6 Å². The van der Waals surface area contributed by atoms with E-state index in [4.69, 9.17) is 4.74 Å². The van der Waals surface area contributed by atoms with E-state index in [1.54, 1.807) is 36.4 Å². The third-order valence-corrected chi connectivity index (χ3v) is 3.60. The Morgan fingerprint density at radius 3 is 2.46 bits per heavy atom. The van der Waals surface area contributed by atoms with Crippen LogP contribution in [0.3, 0.4) is 0 Å². The normalized spacial score (nSPS) is 11.1. The van der Waals surface area contributed by atoms with Gasteiger partial charge in [0.1, 0.15) is 11.5 Å². The summed E-state index contributed by atoms with van der Waals surface area (Å²) in [5.41, 5.74) is 1.58. The van der Waals surface area contributed by atoms with Gasteiger partial charge < -0.3 is 15.4 Å². The van der Waals surface area contributed by atoms with Crippen LogP contribution in [-0.4, -0.2) is 32.1 Å². The van der Waals surface area contributed by atoms with Crippen LogP contribution in [0.2, 0.25) is 0 Å². The van der Waals surface area contributed by atoms with Gasteiger partial charge in [-0.25, -0.2) is 4.39 Å². The maximum Gasteiger partial charge on any atom is 0.267 e. The lowest BCUT2D eigenvalue weighted by Gasteiger charge is -2.11. The lowest BCUT2D eigenvalue weighted by atomic mass is 10.1. The van der Waals surface area contributed by atoms with E-state index < -0.39 is 17.6 Å². The molecule has 0 radical (unpaired) electrons. The third-order valence-electron chi connectivity index (χ3n) is 3.60. The zero-order valence-corrected chi connectivity index (χ0v) is 14.7. The van der Waals surface area contributed by atoms with Gasteiger partial charge in [0.05, 0.1) is 6.61 Å². The molecule has 0 aromatic heterocycles. The van der Waals surface area contributed by atoms with Crippen molar-refractivity contribution >= 4 is 17.9 Å². The number of ether oxygens (including phenoxy) is 1. The molecule has 0 atom stereocenters. The molecule has 0 spiro atoms. The summed E-state index contributed by atoms with van der Waals surface area (Å²) in [5, 5.41) is 5.18. The second kappa shape index (κ2) is 9.48. The Morgan fingerprint density at radius 1 is 1.12 bits per heavy atom. The van der Waals surface area contributed by atoms with E-state index in [2.05, 4.69) is 10.6 Å². The highest BCUT2D eigenvalue weighted by atomic mass is 19.1. The average molecular weight is 356 g/mol. The molecular formula is C20H21FN2O3. The molecule has 2 aromatic carbocycles. The second-order valence-electron chi connectivity index (χ2n) is 5.65. The third kappa shape index (κ3) is 5.53. The summed E-state index contributed by atoms with van der Waals surface area (Å²) in [4.78, 5) is 24.8. The topological polar surface area (TPSA) is 67.4 Å². The van der Waals surface area contributed by atoms with Gasteiger partial charge in [-0.15, -0.1) is 0 Å². The van der Waals surface area contributed by atoms with Crippen molar-refractivity contribution in [3.8, 4) is 0 Å². The van der Waals surface area contributed by atoms with Crippen LogP contribution in [0.1, 0.15) is 21.5 Å². The number of carbonyl (C=O) groups is 2. The Balaban J connectivity index is 2.25. The molecule has 0 heterocycles. The number of amides is 2. The van der Waals surface area contributed by atoms with Crippen molar-refractivity contribution < 1.29 is 18.7 Å². The van der Waals surface area contributed by atoms with Gasteiger partial charge in [-0.1, -0.05) is 35.9 Å². The molecule has 0 unspecified atom stereocenters. The second-order valence-corrected chi connectivity index (χ2v) is 5.65. The Labute approximate surface area is 151 Å². The Kier molecular flexibility index (Phi) is 7.05. The van der Waals surface area contributed by atoms with E-state index in [1.807, 2.05) is 6.92 Å². The van der Waals surface area contributed by atoms with E-state index in [1.165, 1.54) is 25.3 Å². The van der Waals surface area contributed by atoms with Crippen molar-refractivity contribution in [2.24, 2.45) is 0 Å².